The normalized spacial score (nSPS) is 14.8. The van der Waals surface area contributed by atoms with E-state index in [-0.39, 0.29) is 11.7 Å². The third kappa shape index (κ3) is 5.32. The van der Waals surface area contributed by atoms with E-state index >= 15 is 0 Å². The minimum Gasteiger partial charge on any atom is -0.351 e. The second-order valence-electron chi connectivity index (χ2n) is 6.96. The summed E-state index contributed by atoms with van der Waals surface area (Å²) in [5.41, 5.74) is 0. The zero-order chi connectivity index (χ0) is 19.9. The van der Waals surface area contributed by atoms with Gasteiger partial charge in [-0.1, -0.05) is 37.1 Å². The number of amides is 1. The van der Waals surface area contributed by atoms with Crippen LogP contribution in [0, 0.1) is 0 Å². The molecule has 3 rings (SSSR count). The predicted molar refractivity (Wildman–Crippen MR) is 113 cm³/mol. The molecular formula is C20H26N4O2S2. The lowest BCUT2D eigenvalue weighted by atomic mass is 9.89. The number of hydrogen-bond acceptors (Lipinski definition) is 6. The van der Waals surface area contributed by atoms with Crippen LogP contribution >= 0.6 is 23.1 Å². The molecule has 2 aromatic heterocycles. The molecule has 2 aromatic rings. The van der Waals surface area contributed by atoms with Gasteiger partial charge in [-0.05, 0) is 25.0 Å². The standard InChI is InChI=1S/C20H26N4O2S2/c1-3-11-24-19(15-7-5-4-6-8-15)22-23-20(24)27-13-17(26)18-10-9-16(28-18)12-21-14(2)25/h3,9-10,15H,1,4-8,11-13H2,2H3,(H,21,25). The summed E-state index contributed by atoms with van der Waals surface area (Å²) >= 11 is 2.86. The number of nitrogens with one attached hydrogen (secondary N) is 1. The fourth-order valence-corrected chi connectivity index (χ4v) is 5.22. The minimum atomic E-state index is -0.0767. The first kappa shape index (κ1) is 20.8. The van der Waals surface area contributed by atoms with E-state index in [0.717, 1.165) is 28.7 Å². The number of thiophene rings is 1. The van der Waals surface area contributed by atoms with Crippen LogP contribution in [0.15, 0.2) is 29.9 Å². The van der Waals surface area contributed by atoms with Crippen molar-refractivity contribution in [3.8, 4) is 0 Å². The van der Waals surface area contributed by atoms with Crippen molar-refractivity contribution in [2.24, 2.45) is 0 Å². The summed E-state index contributed by atoms with van der Waals surface area (Å²) in [6.07, 6.45) is 7.95. The number of thioether (sulfide) groups is 1. The van der Waals surface area contributed by atoms with E-state index < -0.39 is 0 Å². The van der Waals surface area contributed by atoms with Gasteiger partial charge in [0.25, 0.3) is 0 Å². The van der Waals surface area contributed by atoms with Gasteiger partial charge in [-0.15, -0.1) is 28.1 Å². The fourth-order valence-electron chi connectivity index (χ4n) is 3.41. The molecule has 150 valence electrons. The third-order valence-electron chi connectivity index (χ3n) is 4.81. The number of aromatic nitrogens is 3. The van der Waals surface area contributed by atoms with Crippen LogP contribution in [0.3, 0.4) is 0 Å². The molecule has 6 nitrogen and oxygen atoms in total. The predicted octanol–water partition coefficient (Wildman–Crippen LogP) is 4.18. The van der Waals surface area contributed by atoms with Crippen LogP contribution in [-0.2, 0) is 17.9 Å². The maximum absolute atomic E-state index is 12.6. The number of carbonyl (C=O) groups is 2. The van der Waals surface area contributed by atoms with E-state index in [1.165, 1.54) is 49.3 Å². The van der Waals surface area contributed by atoms with Crippen LogP contribution in [0.25, 0.3) is 0 Å². The van der Waals surface area contributed by atoms with Crippen molar-refractivity contribution in [3.63, 3.8) is 0 Å². The van der Waals surface area contributed by atoms with Gasteiger partial charge in [-0.25, -0.2) is 0 Å². The van der Waals surface area contributed by atoms with Crippen LogP contribution in [0.4, 0.5) is 0 Å². The molecule has 1 saturated carbocycles. The zero-order valence-electron chi connectivity index (χ0n) is 16.1. The summed E-state index contributed by atoms with van der Waals surface area (Å²) < 4.78 is 2.11. The Morgan fingerprint density at radius 1 is 1.32 bits per heavy atom. The minimum absolute atomic E-state index is 0.0662. The first-order chi connectivity index (χ1) is 13.6. The first-order valence-electron chi connectivity index (χ1n) is 9.61. The smallest absolute Gasteiger partial charge is 0.217 e. The van der Waals surface area contributed by atoms with Crippen molar-refractivity contribution >= 4 is 34.8 Å². The Morgan fingerprint density at radius 2 is 2.11 bits per heavy atom. The molecule has 0 saturated heterocycles. The highest BCUT2D eigenvalue weighted by Crippen LogP contribution is 2.33. The van der Waals surface area contributed by atoms with E-state index in [4.69, 9.17) is 0 Å². The average Bonchev–Trinajstić information content (AvgIpc) is 3.33. The Labute approximate surface area is 173 Å². The Bertz CT molecular complexity index is 837. The molecule has 0 aliphatic heterocycles. The van der Waals surface area contributed by atoms with E-state index in [9.17, 15) is 9.59 Å². The number of nitrogens with zero attached hydrogens (tertiary/aromatic N) is 3. The molecule has 0 aromatic carbocycles. The maximum Gasteiger partial charge on any atom is 0.217 e. The molecule has 0 radical (unpaired) electrons. The van der Waals surface area contributed by atoms with E-state index in [0.29, 0.717) is 29.6 Å². The van der Waals surface area contributed by atoms with Gasteiger partial charge in [-0.3, -0.25) is 9.59 Å². The molecule has 1 N–H and O–H groups in total. The molecule has 8 heteroatoms. The van der Waals surface area contributed by atoms with Crippen molar-refractivity contribution in [2.45, 2.75) is 63.2 Å². The molecule has 1 aliphatic rings. The average molecular weight is 419 g/mol. The number of rotatable bonds is 9. The topological polar surface area (TPSA) is 76.9 Å². The Kier molecular flexibility index (Phi) is 7.44. The van der Waals surface area contributed by atoms with Crippen molar-refractivity contribution in [3.05, 3.63) is 40.4 Å². The number of allylic oxidation sites excluding steroid dienone is 1. The summed E-state index contributed by atoms with van der Waals surface area (Å²) in [7, 11) is 0. The van der Waals surface area contributed by atoms with Crippen molar-refractivity contribution in [2.75, 3.05) is 5.75 Å². The summed E-state index contributed by atoms with van der Waals surface area (Å²) in [4.78, 5) is 25.3. The van der Waals surface area contributed by atoms with Crippen LogP contribution in [0.2, 0.25) is 0 Å². The van der Waals surface area contributed by atoms with Crippen molar-refractivity contribution in [1.29, 1.82) is 0 Å². The summed E-state index contributed by atoms with van der Waals surface area (Å²) in [6, 6.07) is 3.71. The molecule has 0 spiro atoms. The van der Waals surface area contributed by atoms with Gasteiger partial charge >= 0.3 is 0 Å². The Hall–Kier alpha value is -1.93. The molecule has 1 aliphatic carbocycles. The van der Waals surface area contributed by atoms with Gasteiger partial charge in [0.1, 0.15) is 5.82 Å². The molecule has 0 unspecified atom stereocenters. The van der Waals surface area contributed by atoms with Crippen LogP contribution in [0.5, 0.6) is 0 Å². The lowest BCUT2D eigenvalue weighted by Gasteiger charge is -2.21. The molecular weight excluding hydrogens is 392 g/mol. The van der Waals surface area contributed by atoms with Crippen LogP contribution in [-0.4, -0.2) is 32.2 Å². The van der Waals surface area contributed by atoms with Gasteiger partial charge in [0.15, 0.2) is 10.9 Å². The monoisotopic (exact) mass is 418 g/mol. The quantitative estimate of drug-likeness (QED) is 0.375. The molecule has 1 fully saturated rings. The number of hydrogen-bond donors (Lipinski definition) is 1. The Morgan fingerprint density at radius 3 is 2.82 bits per heavy atom. The summed E-state index contributed by atoms with van der Waals surface area (Å²) in [5, 5.41) is 12.3. The molecule has 0 atom stereocenters. The molecule has 1 amide bonds. The molecule has 28 heavy (non-hydrogen) atoms. The second-order valence-corrected chi connectivity index (χ2v) is 9.07. The van der Waals surface area contributed by atoms with Crippen LogP contribution < -0.4 is 5.32 Å². The largest absolute Gasteiger partial charge is 0.351 e. The van der Waals surface area contributed by atoms with Gasteiger partial charge < -0.3 is 9.88 Å². The van der Waals surface area contributed by atoms with Gasteiger partial charge in [0, 0.05) is 24.3 Å². The van der Waals surface area contributed by atoms with Gasteiger partial charge in [-0.2, -0.15) is 0 Å². The van der Waals surface area contributed by atoms with E-state index in [1.807, 2.05) is 18.2 Å². The lowest BCUT2D eigenvalue weighted by Crippen LogP contribution is -2.18. The lowest BCUT2D eigenvalue weighted by molar-refractivity contribution is -0.119. The van der Waals surface area contributed by atoms with Gasteiger partial charge in [0.2, 0.25) is 5.91 Å². The third-order valence-corrected chi connectivity index (χ3v) is 6.90. The fraction of sp³-hybridized carbons (Fsp3) is 0.500. The number of carbonyl (C=O) groups excluding carboxylic acids is 2. The van der Waals surface area contributed by atoms with Crippen molar-refractivity contribution < 1.29 is 9.59 Å². The second kappa shape index (κ2) is 10.0. The maximum atomic E-state index is 12.6. The number of ketones is 1. The molecule has 2 heterocycles. The summed E-state index contributed by atoms with van der Waals surface area (Å²) in [5.74, 6) is 1.80. The number of Topliss-reactive ketones (excluding diaryl/α,β-unsaturated/α-hetero) is 1. The Balaban J connectivity index is 1.63. The van der Waals surface area contributed by atoms with Crippen molar-refractivity contribution in [1.82, 2.24) is 20.1 Å². The summed E-state index contributed by atoms with van der Waals surface area (Å²) in [6.45, 7) is 6.46. The van der Waals surface area contributed by atoms with E-state index in [1.54, 1.807) is 0 Å². The highest BCUT2D eigenvalue weighted by atomic mass is 32.2. The zero-order valence-corrected chi connectivity index (χ0v) is 17.8. The highest BCUT2D eigenvalue weighted by molar-refractivity contribution is 7.99. The van der Waals surface area contributed by atoms with E-state index in [2.05, 4.69) is 26.7 Å². The van der Waals surface area contributed by atoms with Crippen LogP contribution in [0.1, 0.15) is 65.3 Å². The first-order valence-corrected chi connectivity index (χ1v) is 11.4. The van der Waals surface area contributed by atoms with Gasteiger partial charge in [0.05, 0.1) is 17.2 Å². The molecule has 0 bridgehead atoms. The highest BCUT2D eigenvalue weighted by Gasteiger charge is 2.23. The SMILES string of the molecule is C=CCn1c(SCC(=O)c2ccc(CNC(C)=O)s2)nnc1C1CCCCC1.